The molecule has 0 aromatic carbocycles. The lowest BCUT2D eigenvalue weighted by atomic mass is 10.1. The summed E-state index contributed by atoms with van der Waals surface area (Å²) < 4.78 is 0.251. The van der Waals surface area contributed by atoms with Gasteiger partial charge < -0.3 is 10.5 Å². The highest BCUT2D eigenvalue weighted by atomic mass is 35.6. The predicted molar refractivity (Wildman–Crippen MR) is 59.7 cm³/mol. The summed E-state index contributed by atoms with van der Waals surface area (Å²) in [7, 11) is 0. The second-order valence-electron chi connectivity index (χ2n) is 2.45. The van der Waals surface area contributed by atoms with Crippen LogP contribution in [0.15, 0.2) is 0 Å². The maximum absolute atomic E-state index is 10.6. The second-order valence-corrected chi connectivity index (χ2v) is 7.01. The van der Waals surface area contributed by atoms with Gasteiger partial charge in [-0.05, 0) is 6.92 Å². The molecule has 0 spiro atoms. The summed E-state index contributed by atoms with van der Waals surface area (Å²) in [5.41, 5.74) is 2.77. The number of amides is 1. The van der Waals surface area contributed by atoms with Crippen LogP contribution in [0.1, 0.15) is 6.92 Å². The summed E-state index contributed by atoms with van der Waals surface area (Å²) in [4.78, 5) is 10.6. The Bertz CT molecular complexity index is 217. The summed E-state index contributed by atoms with van der Waals surface area (Å²) >= 11 is 33.1. The molecule has 0 aromatic heterocycles. The molecule has 0 aromatic rings. The summed E-state index contributed by atoms with van der Waals surface area (Å²) in [5, 5.41) is 0. The molecule has 0 aliphatic rings. The smallest absolute Gasteiger partial charge is 0.405 e. The van der Waals surface area contributed by atoms with E-state index in [1.165, 1.54) is 0 Å². The number of alkyl halides is 6. The molecule has 1 amide bonds. The summed E-state index contributed by atoms with van der Waals surface area (Å²) in [6, 6.07) is 0. The van der Waals surface area contributed by atoms with Crippen molar-refractivity contribution in [2.75, 3.05) is 0 Å². The molecular formula is C5H5Cl6NO2. The van der Waals surface area contributed by atoms with Crippen LogP contribution in [0.5, 0.6) is 0 Å². The first-order valence-corrected chi connectivity index (χ1v) is 5.30. The van der Waals surface area contributed by atoms with Crippen LogP contribution in [0.2, 0.25) is 0 Å². The first-order valence-electron chi connectivity index (χ1n) is 3.03. The van der Waals surface area contributed by atoms with Crippen molar-refractivity contribution in [3.05, 3.63) is 0 Å². The van der Waals surface area contributed by atoms with Gasteiger partial charge in [0.05, 0.1) is 0 Å². The van der Waals surface area contributed by atoms with Crippen LogP contribution >= 0.6 is 69.6 Å². The molecule has 0 heterocycles. The highest BCUT2D eigenvalue weighted by molar-refractivity contribution is 6.73. The largest absolute Gasteiger partial charge is 0.434 e. The molecule has 84 valence electrons. The Kier molecular flexibility index (Phi) is 4.80. The predicted octanol–water partition coefficient (Wildman–Crippen LogP) is 3.58. The topological polar surface area (TPSA) is 52.3 Å². The minimum atomic E-state index is -2.13. The third kappa shape index (κ3) is 3.26. The van der Waals surface area contributed by atoms with Gasteiger partial charge in [0, 0.05) is 0 Å². The Morgan fingerprint density at radius 2 is 1.36 bits per heavy atom. The number of ether oxygens (including phenoxy) is 1. The van der Waals surface area contributed by atoms with Crippen LogP contribution in [0.4, 0.5) is 4.79 Å². The van der Waals surface area contributed by atoms with Crippen molar-refractivity contribution >= 4 is 75.7 Å². The van der Waals surface area contributed by atoms with E-state index in [9.17, 15) is 4.79 Å². The van der Waals surface area contributed by atoms with Crippen molar-refractivity contribution in [3.63, 3.8) is 0 Å². The van der Waals surface area contributed by atoms with Crippen molar-refractivity contribution in [1.29, 1.82) is 0 Å². The van der Waals surface area contributed by atoms with Gasteiger partial charge in [-0.1, -0.05) is 69.6 Å². The third-order valence-electron chi connectivity index (χ3n) is 1.39. The first-order chi connectivity index (χ1) is 5.92. The molecule has 0 unspecified atom stereocenters. The van der Waals surface area contributed by atoms with Gasteiger partial charge in [0.1, 0.15) is 0 Å². The van der Waals surface area contributed by atoms with Crippen molar-refractivity contribution in [1.82, 2.24) is 0 Å². The molecule has 14 heavy (non-hydrogen) atoms. The molecule has 3 nitrogen and oxygen atoms in total. The molecule has 2 N–H and O–H groups in total. The van der Waals surface area contributed by atoms with E-state index in [1.54, 1.807) is 0 Å². The Morgan fingerprint density at radius 1 is 1.07 bits per heavy atom. The lowest BCUT2D eigenvalue weighted by Crippen LogP contribution is -2.55. The summed E-state index contributed by atoms with van der Waals surface area (Å²) in [6.07, 6.45) is -1.22. The van der Waals surface area contributed by atoms with Crippen molar-refractivity contribution in [3.8, 4) is 0 Å². The zero-order valence-electron chi connectivity index (χ0n) is 6.66. The monoisotopic (exact) mass is 321 g/mol. The van der Waals surface area contributed by atoms with Crippen LogP contribution < -0.4 is 5.73 Å². The van der Waals surface area contributed by atoms with Gasteiger partial charge in [-0.25, -0.2) is 4.79 Å². The summed E-state index contributed by atoms with van der Waals surface area (Å²) in [5.74, 6) is 0. The Morgan fingerprint density at radius 3 is 1.43 bits per heavy atom. The fourth-order valence-electron chi connectivity index (χ4n) is 0.478. The Labute approximate surface area is 111 Å². The Balaban J connectivity index is 5.18. The molecule has 0 saturated heterocycles. The van der Waals surface area contributed by atoms with E-state index in [2.05, 4.69) is 4.74 Å². The quantitative estimate of drug-likeness (QED) is 0.750. The Hall–Kier alpha value is 1.01. The van der Waals surface area contributed by atoms with E-state index in [0.717, 1.165) is 6.92 Å². The molecular weight excluding hydrogens is 319 g/mol. The van der Waals surface area contributed by atoms with Gasteiger partial charge in [-0.15, -0.1) is 0 Å². The molecule has 0 rings (SSSR count). The number of hydrogen-bond acceptors (Lipinski definition) is 2. The van der Waals surface area contributed by atoms with Gasteiger partial charge in [-0.3, -0.25) is 0 Å². The van der Waals surface area contributed by atoms with Crippen LogP contribution in [0, 0.1) is 0 Å². The summed E-state index contributed by atoms with van der Waals surface area (Å²) in [6.45, 7) is 1.14. The van der Waals surface area contributed by atoms with E-state index in [0.29, 0.717) is 0 Å². The number of carbonyl (C=O) groups is 1. The van der Waals surface area contributed by atoms with E-state index in [1.807, 2.05) is 0 Å². The number of primary amides is 1. The normalized spacial score (nSPS) is 13.9. The molecule has 0 bridgehead atoms. The van der Waals surface area contributed by atoms with Crippen LogP contribution in [0.3, 0.4) is 0 Å². The van der Waals surface area contributed by atoms with Gasteiger partial charge in [-0.2, -0.15) is 0 Å². The first kappa shape index (κ1) is 15.0. The fraction of sp³-hybridized carbons (Fsp3) is 0.800. The number of halogens is 6. The highest BCUT2D eigenvalue weighted by Crippen LogP contribution is 2.53. The van der Waals surface area contributed by atoms with Crippen LogP contribution in [0.25, 0.3) is 0 Å². The molecule has 0 radical (unpaired) electrons. The van der Waals surface area contributed by atoms with Gasteiger partial charge in [0.25, 0.3) is 0 Å². The van der Waals surface area contributed by atoms with Gasteiger partial charge in [0.2, 0.25) is 13.2 Å². The maximum Gasteiger partial charge on any atom is 0.405 e. The maximum atomic E-state index is 10.6. The third-order valence-corrected chi connectivity index (χ3v) is 3.55. The van der Waals surface area contributed by atoms with E-state index < -0.39 is 19.3 Å². The molecule has 9 heteroatoms. The SMILES string of the molecule is CC(OC(N)=O)(C(Cl)(Cl)Cl)C(Cl)(Cl)Cl. The van der Waals surface area contributed by atoms with E-state index in [4.69, 9.17) is 75.3 Å². The van der Waals surface area contributed by atoms with Gasteiger partial charge >= 0.3 is 6.09 Å². The molecule has 0 aliphatic carbocycles. The fourth-order valence-corrected chi connectivity index (χ4v) is 1.99. The molecule has 0 aliphatic heterocycles. The second kappa shape index (κ2) is 4.48. The standard InChI is InChI=1S/C5H5Cl6NO2/c1-3(4(6,7)8,5(9,10)11)14-2(12)13/h1H3,(H2,12,13). The number of nitrogens with two attached hydrogens (primary N) is 1. The minimum Gasteiger partial charge on any atom is -0.434 e. The lowest BCUT2D eigenvalue weighted by molar-refractivity contribution is 0.0367. The average molecular weight is 324 g/mol. The molecule has 0 fully saturated rings. The van der Waals surface area contributed by atoms with E-state index in [-0.39, 0.29) is 0 Å². The molecule has 0 saturated carbocycles. The number of rotatable bonds is 1. The van der Waals surface area contributed by atoms with Crippen molar-refractivity contribution < 1.29 is 9.53 Å². The van der Waals surface area contributed by atoms with Crippen molar-refractivity contribution in [2.45, 2.75) is 20.1 Å². The minimum absolute atomic E-state index is 1.14. The number of carbonyl (C=O) groups excluding carboxylic acids is 1. The average Bonchev–Trinajstić information content (AvgIpc) is 1.79. The van der Waals surface area contributed by atoms with Gasteiger partial charge in [0.15, 0.2) is 0 Å². The zero-order valence-corrected chi connectivity index (χ0v) is 11.2. The lowest BCUT2D eigenvalue weighted by Gasteiger charge is -2.39. The van der Waals surface area contributed by atoms with Crippen LogP contribution in [-0.4, -0.2) is 19.3 Å². The van der Waals surface area contributed by atoms with Crippen LogP contribution in [-0.2, 0) is 4.74 Å². The molecule has 0 atom stereocenters. The highest BCUT2D eigenvalue weighted by Gasteiger charge is 2.61. The van der Waals surface area contributed by atoms with Crippen molar-refractivity contribution in [2.24, 2.45) is 5.73 Å². The van der Waals surface area contributed by atoms with E-state index >= 15 is 0 Å². The number of hydrogen-bond donors (Lipinski definition) is 1. The zero-order chi connectivity index (χ0) is 11.8.